The average molecular weight is 377 g/mol. The monoisotopic (exact) mass is 376 g/mol. The molecule has 0 spiro atoms. The van der Waals surface area contributed by atoms with Crippen LogP contribution in [0.3, 0.4) is 0 Å². The fourth-order valence-electron chi connectivity index (χ4n) is 7.70. The quantitative estimate of drug-likeness (QED) is 0.578. The Morgan fingerprint density at radius 3 is 2.63 bits per heavy atom. The number of hydrogen-bond donors (Lipinski definition) is 2. The van der Waals surface area contributed by atoms with Crippen LogP contribution in [-0.4, -0.2) is 35.0 Å². The third-order valence-electron chi connectivity index (χ3n) is 9.07. The minimum Gasteiger partial charge on any atom is -0.394 e. The number of carbonyl (C=O) groups is 1. The van der Waals surface area contributed by atoms with Gasteiger partial charge in [0.2, 0.25) is 0 Å². The van der Waals surface area contributed by atoms with Crippen LogP contribution < -0.4 is 0 Å². The summed E-state index contributed by atoms with van der Waals surface area (Å²) in [6.45, 7) is 6.70. The molecule has 0 aromatic carbocycles. The number of rotatable bonds is 4. The fraction of sp³-hybridized carbons (Fsp3) is 0.870. The van der Waals surface area contributed by atoms with E-state index >= 15 is 0 Å². The highest BCUT2D eigenvalue weighted by molar-refractivity contribution is 5.79. The molecule has 3 fully saturated rings. The molecule has 2 N–H and O–H groups in total. The molecular weight excluding hydrogens is 340 g/mol. The van der Waals surface area contributed by atoms with E-state index in [1.54, 1.807) is 6.92 Å². The van der Waals surface area contributed by atoms with E-state index in [-0.39, 0.29) is 30.0 Å². The predicted molar refractivity (Wildman–Crippen MR) is 104 cm³/mol. The van der Waals surface area contributed by atoms with E-state index in [4.69, 9.17) is 9.84 Å². The van der Waals surface area contributed by atoms with E-state index in [0.29, 0.717) is 30.0 Å². The number of carbonyl (C=O) groups excluding carboxylic acids is 1. The van der Waals surface area contributed by atoms with Crippen LogP contribution in [0, 0.1) is 34.5 Å². The Labute approximate surface area is 163 Å². The first kappa shape index (κ1) is 19.6. The zero-order chi connectivity index (χ0) is 19.4. The summed E-state index contributed by atoms with van der Waals surface area (Å²) in [5.74, 6) is 1.49. The number of aliphatic hydroxyl groups is 2. The van der Waals surface area contributed by atoms with Gasteiger partial charge in [-0.1, -0.05) is 19.4 Å². The lowest BCUT2D eigenvalue weighted by Gasteiger charge is -2.59. The molecule has 0 amide bonds. The maximum atomic E-state index is 12.2. The van der Waals surface area contributed by atoms with Gasteiger partial charge in [-0.15, -0.1) is 0 Å². The van der Waals surface area contributed by atoms with Crippen molar-refractivity contribution >= 4 is 5.78 Å². The van der Waals surface area contributed by atoms with Crippen LogP contribution in [0.1, 0.15) is 72.1 Å². The maximum absolute atomic E-state index is 12.2. The van der Waals surface area contributed by atoms with Crippen LogP contribution >= 0.6 is 0 Å². The number of hydrogen-bond acceptors (Lipinski definition) is 4. The van der Waals surface area contributed by atoms with Crippen LogP contribution in [0.4, 0.5) is 0 Å². The second kappa shape index (κ2) is 6.67. The van der Waals surface area contributed by atoms with Gasteiger partial charge in [0.15, 0.2) is 5.79 Å². The summed E-state index contributed by atoms with van der Waals surface area (Å²) in [6.07, 6.45) is 10.4. The smallest absolute Gasteiger partial charge is 0.185 e. The molecule has 4 heteroatoms. The summed E-state index contributed by atoms with van der Waals surface area (Å²) in [6, 6.07) is 0. The summed E-state index contributed by atoms with van der Waals surface area (Å²) in [7, 11) is 0. The van der Waals surface area contributed by atoms with E-state index in [9.17, 15) is 9.90 Å². The van der Waals surface area contributed by atoms with Crippen LogP contribution in [0.5, 0.6) is 0 Å². The Hall–Kier alpha value is -0.710. The first-order chi connectivity index (χ1) is 12.7. The minimum absolute atomic E-state index is 0.0645. The number of ketones is 1. The zero-order valence-corrected chi connectivity index (χ0v) is 17.2. The number of fused-ring (bicyclic) bond motifs is 5. The van der Waals surface area contributed by atoms with Gasteiger partial charge in [-0.25, -0.2) is 0 Å². The molecule has 0 saturated heterocycles. The Bertz CT molecular complexity index is 642. The first-order valence-corrected chi connectivity index (χ1v) is 10.9. The standard InChI is InChI=1S/C23H36O4/c1-15(25)18-6-7-19-17-5-4-16-14-23(26,27-13-12-24)11-10-21(16,2)20(17)8-9-22(18,19)3/h14,17-20,24,26H,4-13H2,1-3H3/t17-,18?,19-,20-,21-,22+,23?/m0/s1. The topological polar surface area (TPSA) is 66.8 Å². The van der Waals surface area contributed by atoms with Gasteiger partial charge >= 0.3 is 0 Å². The van der Waals surface area contributed by atoms with Gasteiger partial charge in [0.1, 0.15) is 5.78 Å². The third-order valence-corrected chi connectivity index (χ3v) is 9.07. The molecule has 0 aromatic heterocycles. The number of allylic oxidation sites excluding steroid dienone is 1. The van der Waals surface area contributed by atoms with Crippen molar-refractivity contribution in [3.05, 3.63) is 11.6 Å². The number of ether oxygens (including phenoxy) is 1. The Kier molecular flexibility index (Phi) is 4.84. The Morgan fingerprint density at radius 1 is 1.15 bits per heavy atom. The molecule has 4 nitrogen and oxygen atoms in total. The largest absolute Gasteiger partial charge is 0.394 e. The van der Waals surface area contributed by atoms with E-state index < -0.39 is 5.79 Å². The Morgan fingerprint density at radius 2 is 1.93 bits per heavy atom. The second-order valence-electron chi connectivity index (χ2n) is 10.2. The highest BCUT2D eigenvalue weighted by Crippen LogP contribution is 2.67. The number of aliphatic hydroxyl groups excluding tert-OH is 1. The van der Waals surface area contributed by atoms with Crippen molar-refractivity contribution in [1.29, 1.82) is 0 Å². The van der Waals surface area contributed by atoms with Crippen molar-refractivity contribution in [2.45, 2.75) is 77.9 Å². The lowest BCUT2D eigenvalue weighted by molar-refractivity contribution is -0.190. The minimum atomic E-state index is -1.21. The Balaban J connectivity index is 1.59. The molecule has 0 aromatic rings. The second-order valence-corrected chi connectivity index (χ2v) is 10.2. The summed E-state index contributed by atoms with van der Waals surface area (Å²) in [5.41, 5.74) is 1.71. The molecule has 0 heterocycles. The van der Waals surface area contributed by atoms with Crippen molar-refractivity contribution in [2.24, 2.45) is 34.5 Å². The van der Waals surface area contributed by atoms with Gasteiger partial charge in [-0.05, 0) is 86.5 Å². The van der Waals surface area contributed by atoms with Gasteiger partial charge in [0.05, 0.1) is 13.2 Å². The lowest BCUT2D eigenvalue weighted by atomic mass is 9.46. The molecule has 152 valence electrons. The van der Waals surface area contributed by atoms with E-state index in [0.717, 1.165) is 25.7 Å². The van der Waals surface area contributed by atoms with Crippen LogP contribution in [0.2, 0.25) is 0 Å². The van der Waals surface area contributed by atoms with E-state index in [1.807, 2.05) is 6.08 Å². The summed E-state index contributed by atoms with van der Waals surface area (Å²) in [5, 5.41) is 19.8. The van der Waals surface area contributed by atoms with Crippen molar-refractivity contribution in [1.82, 2.24) is 0 Å². The first-order valence-electron chi connectivity index (χ1n) is 10.9. The normalized spacial score (nSPS) is 49.0. The van der Waals surface area contributed by atoms with Crippen molar-refractivity contribution < 1.29 is 19.7 Å². The van der Waals surface area contributed by atoms with Crippen molar-refractivity contribution in [3.8, 4) is 0 Å². The summed E-state index contributed by atoms with van der Waals surface area (Å²) < 4.78 is 5.57. The number of Topliss-reactive ketones (excluding diaryl/α,β-unsaturated/α-hetero) is 1. The van der Waals surface area contributed by atoms with Crippen LogP contribution in [-0.2, 0) is 9.53 Å². The molecule has 4 aliphatic carbocycles. The third kappa shape index (κ3) is 2.94. The summed E-state index contributed by atoms with van der Waals surface area (Å²) >= 11 is 0. The molecule has 7 atom stereocenters. The zero-order valence-electron chi connectivity index (χ0n) is 17.2. The highest BCUT2D eigenvalue weighted by atomic mass is 16.6. The van der Waals surface area contributed by atoms with Crippen molar-refractivity contribution in [3.63, 3.8) is 0 Å². The molecule has 0 aliphatic heterocycles. The SMILES string of the molecule is CC(=O)C1CC[C@H]2[C@@H]3CCC4=CC(O)(OCCO)CC[C@]4(C)[C@H]3CC[C@]12C. The molecule has 3 saturated carbocycles. The van der Waals surface area contributed by atoms with Gasteiger partial charge in [-0.2, -0.15) is 0 Å². The van der Waals surface area contributed by atoms with E-state index in [1.165, 1.54) is 24.8 Å². The maximum Gasteiger partial charge on any atom is 0.185 e. The molecule has 27 heavy (non-hydrogen) atoms. The molecule has 0 bridgehead atoms. The van der Waals surface area contributed by atoms with Gasteiger partial charge in [0.25, 0.3) is 0 Å². The predicted octanol–water partition coefficient (Wildman–Crippen LogP) is 3.85. The highest BCUT2D eigenvalue weighted by Gasteiger charge is 2.60. The fourth-order valence-corrected chi connectivity index (χ4v) is 7.70. The molecule has 2 unspecified atom stereocenters. The molecule has 4 rings (SSSR count). The van der Waals surface area contributed by atoms with Gasteiger partial charge in [0, 0.05) is 12.3 Å². The van der Waals surface area contributed by atoms with Crippen molar-refractivity contribution in [2.75, 3.05) is 13.2 Å². The molecular formula is C23H36O4. The summed E-state index contributed by atoms with van der Waals surface area (Å²) in [4.78, 5) is 12.2. The molecule has 0 radical (unpaired) electrons. The van der Waals surface area contributed by atoms with Crippen LogP contribution in [0.15, 0.2) is 11.6 Å². The average Bonchev–Trinajstić information content (AvgIpc) is 2.98. The van der Waals surface area contributed by atoms with Gasteiger partial charge < -0.3 is 14.9 Å². The van der Waals surface area contributed by atoms with E-state index in [2.05, 4.69) is 13.8 Å². The molecule has 4 aliphatic rings. The lowest BCUT2D eigenvalue weighted by Crippen LogP contribution is -2.52. The van der Waals surface area contributed by atoms with Crippen LogP contribution in [0.25, 0.3) is 0 Å². The van der Waals surface area contributed by atoms with Gasteiger partial charge in [-0.3, -0.25) is 4.79 Å².